The van der Waals surface area contributed by atoms with Gasteiger partial charge in [0.15, 0.2) is 23.4 Å². The van der Waals surface area contributed by atoms with Gasteiger partial charge in [0, 0.05) is 0 Å². The zero-order valence-electron chi connectivity index (χ0n) is 7.55. The third kappa shape index (κ3) is 1.89. The van der Waals surface area contributed by atoms with E-state index in [1.165, 1.54) is 0 Å². The lowest BCUT2D eigenvalue weighted by molar-refractivity contribution is 0.231. The Labute approximate surface area is 76.0 Å². The van der Waals surface area contributed by atoms with Gasteiger partial charge in [-0.25, -0.2) is 9.79 Å². The monoisotopic (exact) mass is 181 g/mol. The molecule has 0 unspecified atom stereocenters. The lowest BCUT2D eigenvalue weighted by Gasteiger charge is -2.17. The molecule has 0 bridgehead atoms. The van der Waals surface area contributed by atoms with Crippen LogP contribution >= 0.6 is 0 Å². The van der Waals surface area contributed by atoms with Crippen LogP contribution in [0.4, 0.5) is 0 Å². The van der Waals surface area contributed by atoms with E-state index in [0.29, 0.717) is 18.1 Å². The Hall–Kier alpha value is -1.74. The highest BCUT2D eigenvalue weighted by Crippen LogP contribution is 2.16. The molecule has 0 fully saturated rings. The molecule has 3 N–H and O–H groups in total. The van der Waals surface area contributed by atoms with E-state index in [9.17, 15) is 4.79 Å². The molecule has 0 saturated carbocycles. The fourth-order valence-electron chi connectivity index (χ4n) is 1.02. The van der Waals surface area contributed by atoms with Gasteiger partial charge in [-0.15, -0.1) is 0 Å². The van der Waals surface area contributed by atoms with Crippen molar-refractivity contribution >= 4 is 11.9 Å². The number of ether oxygens (including phenoxy) is 1. The molecule has 1 heterocycles. The second kappa shape index (κ2) is 3.78. The summed E-state index contributed by atoms with van der Waals surface area (Å²) in [4.78, 5) is 14.4. The van der Waals surface area contributed by atoms with Gasteiger partial charge in [-0.05, 0) is 13.8 Å². The van der Waals surface area contributed by atoms with E-state index in [1.807, 2.05) is 6.92 Å². The molecule has 13 heavy (non-hydrogen) atoms. The van der Waals surface area contributed by atoms with Crippen LogP contribution in [0, 0.1) is 0 Å². The average molecular weight is 181 g/mol. The predicted octanol–water partition coefficient (Wildman–Crippen LogP) is -0.112. The van der Waals surface area contributed by atoms with Gasteiger partial charge in [-0.3, -0.25) is 0 Å². The molecule has 1 aliphatic rings. The van der Waals surface area contributed by atoms with Gasteiger partial charge in [-0.2, -0.15) is 0 Å². The fourth-order valence-corrected chi connectivity index (χ4v) is 1.02. The first-order valence-electron chi connectivity index (χ1n) is 3.89. The summed E-state index contributed by atoms with van der Waals surface area (Å²) >= 11 is 0. The third-order valence-corrected chi connectivity index (χ3v) is 1.49. The molecule has 0 atom stereocenters. The van der Waals surface area contributed by atoms with Gasteiger partial charge in [-0.1, -0.05) is 0 Å². The minimum Gasteiger partial charge on any atom is -0.489 e. The van der Waals surface area contributed by atoms with Gasteiger partial charge in [0.05, 0.1) is 12.3 Å². The summed E-state index contributed by atoms with van der Waals surface area (Å²) in [6.45, 7) is 4.01. The molecule has 0 aromatic carbocycles. The molecule has 0 aliphatic carbocycles. The molecule has 0 aromatic heterocycles. The van der Waals surface area contributed by atoms with Crippen LogP contribution in [0.15, 0.2) is 22.1 Å². The molecule has 5 nitrogen and oxygen atoms in total. The molecule has 0 radical (unpaired) electrons. The van der Waals surface area contributed by atoms with E-state index >= 15 is 0 Å². The number of aliphatic imine (C=N–C) groups is 1. The lowest BCUT2D eigenvalue weighted by Crippen LogP contribution is -2.35. The van der Waals surface area contributed by atoms with E-state index in [1.54, 1.807) is 12.9 Å². The quantitative estimate of drug-likeness (QED) is 0.582. The second-order valence-corrected chi connectivity index (χ2v) is 2.45. The number of carbonyl (C=O) groups excluding carboxylic acids is 1. The fraction of sp³-hybridized carbons (Fsp3) is 0.375. The van der Waals surface area contributed by atoms with Crippen molar-refractivity contribution in [3.8, 4) is 0 Å². The minimum atomic E-state index is 0.180. The van der Waals surface area contributed by atoms with Gasteiger partial charge in [0.1, 0.15) is 0 Å². The molecule has 0 saturated heterocycles. The van der Waals surface area contributed by atoms with Crippen LogP contribution in [0.2, 0.25) is 0 Å². The SMILES string of the molecule is CCOC1=C(C)N=C(N)NC1=C=O. The Morgan fingerprint density at radius 3 is 2.92 bits per heavy atom. The second-order valence-electron chi connectivity index (χ2n) is 2.45. The normalized spacial score (nSPS) is 16.2. The van der Waals surface area contributed by atoms with Gasteiger partial charge >= 0.3 is 0 Å². The Morgan fingerprint density at radius 1 is 1.69 bits per heavy atom. The Morgan fingerprint density at radius 2 is 2.38 bits per heavy atom. The van der Waals surface area contributed by atoms with Crippen LogP contribution < -0.4 is 11.1 Å². The van der Waals surface area contributed by atoms with Crippen LogP contribution in [-0.4, -0.2) is 18.5 Å². The zero-order valence-corrected chi connectivity index (χ0v) is 7.55. The first kappa shape index (κ1) is 9.35. The number of hydrogen-bond donors (Lipinski definition) is 2. The van der Waals surface area contributed by atoms with Crippen molar-refractivity contribution in [3.05, 3.63) is 17.2 Å². The van der Waals surface area contributed by atoms with Crippen molar-refractivity contribution in [3.63, 3.8) is 0 Å². The molecule has 1 aliphatic heterocycles. The minimum absolute atomic E-state index is 0.180. The number of allylic oxidation sites excluding steroid dienone is 1. The standard InChI is InChI=1S/C8H11N3O2/c1-3-13-7-5(2)10-8(9)11-6(7)4-12/h3H2,1-2H3,(H3,9,10,11). The number of nitrogens with one attached hydrogen (secondary N) is 1. The summed E-state index contributed by atoms with van der Waals surface area (Å²) < 4.78 is 5.20. The highest BCUT2D eigenvalue weighted by atomic mass is 16.5. The van der Waals surface area contributed by atoms with Crippen molar-refractivity contribution in [2.75, 3.05) is 6.61 Å². The lowest BCUT2D eigenvalue weighted by atomic mass is 10.3. The van der Waals surface area contributed by atoms with Gasteiger partial charge < -0.3 is 15.8 Å². The Bertz CT molecular complexity index is 324. The summed E-state index contributed by atoms with van der Waals surface area (Å²) in [5.41, 5.74) is 6.18. The molecule has 0 amide bonds. The zero-order chi connectivity index (χ0) is 9.84. The van der Waals surface area contributed by atoms with Crippen molar-refractivity contribution in [2.24, 2.45) is 10.7 Å². The van der Waals surface area contributed by atoms with Crippen molar-refractivity contribution in [2.45, 2.75) is 13.8 Å². The third-order valence-electron chi connectivity index (χ3n) is 1.49. The predicted molar refractivity (Wildman–Crippen MR) is 48.3 cm³/mol. The van der Waals surface area contributed by atoms with Crippen LogP contribution in [-0.2, 0) is 9.53 Å². The molecule has 0 aromatic rings. The maximum Gasteiger partial charge on any atom is 0.198 e. The molecule has 1 rings (SSSR count). The smallest absolute Gasteiger partial charge is 0.198 e. The maximum atomic E-state index is 10.5. The van der Waals surface area contributed by atoms with Crippen molar-refractivity contribution in [1.82, 2.24) is 5.32 Å². The van der Waals surface area contributed by atoms with Crippen LogP contribution in [0.1, 0.15) is 13.8 Å². The largest absolute Gasteiger partial charge is 0.489 e. The maximum absolute atomic E-state index is 10.5. The first-order chi connectivity index (χ1) is 6.19. The average Bonchev–Trinajstić information content (AvgIpc) is 2.09. The highest BCUT2D eigenvalue weighted by Gasteiger charge is 2.17. The summed E-state index contributed by atoms with van der Waals surface area (Å²) in [5.74, 6) is 2.30. The molecule has 5 heteroatoms. The van der Waals surface area contributed by atoms with Gasteiger partial charge in [0.2, 0.25) is 0 Å². The molecular formula is C8H11N3O2. The number of guanidine groups is 1. The van der Waals surface area contributed by atoms with Crippen LogP contribution in [0.3, 0.4) is 0 Å². The van der Waals surface area contributed by atoms with E-state index in [2.05, 4.69) is 10.3 Å². The van der Waals surface area contributed by atoms with Gasteiger partial charge in [0.25, 0.3) is 0 Å². The number of nitrogens with two attached hydrogens (primary N) is 1. The highest BCUT2D eigenvalue weighted by molar-refractivity contribution is 5.85. The Kier molecular flexibility index (Phi) is 2.72. The number of nitrogens with zero attached hydrogens (tertiary/aromatic N) is 1. The summed E-state index contributed by atoms with van der Waals surface area (Å²) in [7, 11) is 0. The molecule has 0 spiro atoms. The topological polar surface area (TPSA) is 76.7 Å². The van der Waals surface area contributed by atoms with Crippen molar-refractivity contribution in [1.29, 1.82) is 0 Å². The summed E-state index contributed by atoms with van der Waals surface area (Å²) in [5, 5.41) is 2.57. The van der Waals surface area contributed by atoms with E-state index in [0.717, 1.165) is 0 Å². The number of hydrogen-bond acceptors (Lipinski definition) is 5. The van der Waals surface area contributed by atoms with Crippen LogP contribution in [0.25, 0.3) is 0 Å². The van der Waals surface area contributed by atoms with Crippen molar-refractivity contribution < 1.29 is 9.53 Å². The summed E-state index contributed by atoms with van der Waals surface area (Å²) in [6, 6.07) is 0. The van der Waals surface area contributed by atoms with E-state index < -0.39 is 0 Å². The molecular weight excluding hydrogens is 170 g/mol. The molecule has 70 valence electrons. The number of rotatable bonds is 2. The van der Waals surface area contributed by atoms with E-state index in [4.69, 9.17) is 10.5 Å². The Balaban J connectivity index is 3.07. The summed E-state index contributed by atoms with van der Waals surface area (Å²) in [6.07, 6.45) is 0. The first-order valence-corrected chi connectivity index (χ1v) is 3.89. The van der Waals surface area contributed by atoms with E-state index in [-0.39, 0.29) is 11.7 Å². The van der Waals surface area contributed by atoms with Crippen LogP contribution in [0.5, 0.6) is 0 Å².